The molecule has 0 bridgehead atoms. The molecule has 0 unspecified atom stereocenters. The Morgan fingerprint density at radius 2 is 2.00 bits per heavy atom. The molecule has 0 spiro atoms. The first-order chi connectivity index (χ1) is 11.7. The van der Waals surface area contributed by atoms with Gasteiger partial charge in [-0.25, -0.2) is 4.79 Å². The highest BCUT2D eigenvalue weighted by molar-refractivity contribution is 6.08. The quantitative estimate of drug-likeness (QED) is 0.443. The van der Waals surface area contributed by atoms with Gasteiger partial charge in [-0.1, -0.05) is 37.9 Å². The summed E-state index contributed by atoms with van der Waals surface area (Å²) in [4.78, 5) is 11.1. The fourth-order valence-corrected chi connectivity index (χ4v) is 1.96. The van der Waals surface area contributed by atoms with Gasteiger partial charge < -0.3 is 4.74 Å². The van der Waals surface area contributed by atoms with Crippen LogP contribution in [0.4, 0.5) is 4.79 Å². The molecule has 0 saturated heterocycles. The van der Waals surface area contributed by atoms with E-state index in [9.17, 15) is 4.79 Å². The van der Waals surface area contributed by atoms with Crippen molar-refractivity contribution in [1.29, 1.82) is 0 Å². The molecule has 0 aliphatic carbocycles. The number of amidine groups is 1. The van der Waals surface area contributed by atoms with Crippen molar-refractivity contribution in [3.8, 4) is 5.75 Å². The molecule has 7 nitrogen and oxygen atoms in total. The zero-order valence-corrected chi connectivity index (χ0v) is 13.7. The molecule has 24 heavy (non-hydrogen) atoms. The molecule has 1 aromatic rings. The Hall–Kier alpha value is -2.83. The van der Waals surface area contributed by atoms with Crippen molar-refractivity contribution < 1.29 is 9.53 Å². The van der Waals surface area contributed by atoms with Crippen molar-refractivity contribution in [2.75, 3.05) is 6.61 Å². The van der Waals surface area contributed by atoms with Gasteiger partial charge in [0.15, 0.2) is 5.84 Å². The van der Waals surface area contributed by atoms with Gasteiger partial charge in [0.05, 0.1) is 12.8 Å². The van der Waals surface area contributed by atoms with Crippen LogP contribution in [0.5, 0.6) is 5.75 Å². The number of nitrogens with one attached hydrogen (secondary N) is 1. The minimum Gasteiger partial charge on any atom is -0.494 e. The van der Waals surface area contributed by atoms with Gasteiger partial charge in [0.2, 0.25) is 0 Å². The molecule has 7 heteroatoms. The molecule has 2 amide bonds. The summed E-state index contributed by atoms with van der Waals surface area (Å²) in [5.74, 6) is 1.03. The third kappa shape index (κ3) is 5.75. The Balaban J connectivity index is 1.84. The second-order valence-electron chi connectivity index (χ2n) is 5.25. The van der Waals surface area contributed by atoms with Crippen molar-refractivity contribution >= 4 is 18.1 Å². The van der Waals surface area contributed by atoms with Crippen LogP contribution >= 0.6 is 0 Å². The number of unbranched alkanes of at least 4 members (excludes halogenated alkanes) is 3. The van der Waals surface area contributed by atoms with Crippen LogP contribution in [0.15, 0.2) is 57.0 Å². The van der Waals surface area contributed by atoms with E-state index in [1.807, 2.05) is 24.3 Å². The third-order valence-electron chi connectivity index (χ3n) is 3.27. The Bertz CT molecular complexity index is 662. The van der Waals surface area contributed by atoms with Gasteiger partial charge >= 0.3 is 6.03 Å². The highest BCUT2D eigenvalue weighted by Gasteiger charge is 2.13. The second kappa shape index (κ2) is 9.34. The molecule has 1 aromatic carbocycles. The summed E-state index contributed by atoms with van der Waals surface area (Å²) >= 11 is 0. The minimum atomic E-state index is -0.586. The highest BCUT2D eigenvalue weighted by atomic mass is 16.5. The monoisotopic (exact) mass is 327 g/mol. The number of carbonyl (C=O) groups is 1. The molecule has 1 heterocycles. The summed E-state index contributed by atoms with van der Waals surface area (Å²) in [6.45, 7) is 6.54. The number of hydrogen-bond acceptors (Lipinski definition) is 5. The summed E-state index contributed by atoms with van der Waals surface area (Å²) in [7, 11) is 0. The van der Waals surface area contributed by atoms with E-state index in [-0.39, 0.29) is 11.5 Å². The minimum absolute atomic E-state index is 0.193. The van der Waals surface area contributed by atoms with Crippen molar-refractivity contribution in [2.24, 2.45) is 20.4 Å². The van der Waals surface area contributed by atoms with Crippen LogP contribution in [0, 0.1) is 0 Å². The summed E-state index contributed by atoms with van der Waals surface area (Å²) in [5.41, 5.74) is 1.13. The molecule has 2 rings (SSSR count). The van der Waals surface area contributed by atoms with Gasteiger partial charge in [-0.15, -0.1) is 10.2 Å². The Labute approximate surface area is 141 Å². The van der Waals surface area contributed by atoms with Crippen LogP contribution in [0.3, 0.4) is 0 Å². The number of ether oxygens (including phenoxy) is 1. The highest BCUT2D eigenvalue weighted by Crippen LogP contribution is 2.12. The van der Waals surface area contributed by atoms with Crippen molar-refractivity contribution in [3.05, 3.63) is 42.1 Å². The van der Waals surface area contributed by atoms with E-state index < -0.39 is 6.03 Å². The van der Waals surface area contributed by atoms with Crippen LogP contribution in [-0.4, -0.2) is 24.7 Å². The molecule has 1 N–H and O–H groups in total. The van der Waals surface area contributed by atoms with E-state index in [0.29, 0.717) is 0 Å². The Kier molecular flexibility index (Phi) is 6.82. The molecule has 0 radical (unpaired) electrons. The molecule has 1 aliphatic heterocycles. The molecule has 126 valence electrons. The van der Waals surface area contributed by atoms with Gasteiger partial charge in [0.25, 0.3) is 0 Å². The van der Waals surface area contributed by atoms with Gasteiger partial charge in [-0.2, -0.15) is 5.10 Å². The Morgan fingerprint density at radius 1 is 1.21 bits per heavy atom. The molecular weight excluding hydrogens is 306 g/mol. The molecule has 0 atom stereocenters. The van der Waals surface area contributed by atoms with Gasteiger partial charge in [-0.05, 0) is 36.2 Å². The van der Waals surface area contributed by atoms with Crippen LogP contribution in [-0.2, 0) is 0 Å². The standard InChI is InChI=1S/C17H21N5O2/c1-3-4-5-6-11-24-15-9-7-14(8-10-15)12-18-21-16-13(2)20-22-17(23)19-16/h7-10,12H,2-6,11H2,1H3,(H,19,21,23)/b18-12+. The van der Waals surface area contributed by atoms with Crippen molar-refractivity contribution in [1.82, 2.24) is 5.32 Å². The average molecular weight is 327 g/mol. The molecular formula is C17H21N5O2. The van der Waals surface area contributed by atoms with Gasteiger partial charge in [0.1, 0.15) is 11.4 Å². The van der Waals surface area contributed by atoms with E-state index in [0.717, 1.165) is 24.3 Å². The number of rotatable bonds is 8. The van der Waals surface area contributed by atoms with Crippen LogP contribution in [0.1, 0.15) is 38.2 Å². The van der Waals surface area contributed by atoms with Crippen molar-refractivity contribution in [2.45, 2.75) is 32.6 Å². The van der Waals surface area contributed by atoms with E-state index >= 15 is 0 Å². The lowest BCUT2D eigenvalue weighted by Crippen LogP contribution is -2.31. The predicted molar refractivity (Wildman–Crippen MR) is 93.6 cm³/mol. The summed E-state index contributed by atoms with van der Waals surface area (Å²) in [6.07, 6.45) is 6.31. The summed E-state index contributed by atoms with van der Waals surface area (Å²) in [5, 5.41) is 17.1. The zero-order chi connectivity index (χ0) is 17.2. The number of azo groups is 1. The number of carbonyl (C=O) groups excluding carboxylic acids is 1. The maximum absolute atomic E-state index is 11.1. The lowest BCUT2D eigenvalue weighted by atomic mass is 10.2. The fraction of sp³-hybridized carbons (Fsp3) is 0.353. The van der Waals surface area contributed by atoms with E-state index in [1.54, 1.807) is 6.21 Å². The van der Waals surface area contributed by atoms with E-state index in [4.69, 9.17) is 4.74 Å². The first-order valence-electron chi connectivity index (χ1n) is 7.95. The lowest BCUT2D eigenvalue weighted by Gasteiger charge is -2.07. The maximum atomic E-state index is 11.1. The first-order valence-corrected chi connectivity index (χ1v) is 7.95. The molecule has 1 aliphatic rings. The average Bonchev–Trinajstić information content (AvgIpc) is 2.59. The second-order valence-corrected chi connectivity index (χ2v) is 5.25. The number of hydrogen-bond donors (Lipinski definition) is 1. The number of benzene rings is 1. The third-order valence-corrected chi connectivity index (χ3v) is 3.27. The molecule has 0 saturated carbocycles. The van der Waals surface area contributed by atoms with Crippen LogP contribution in [0.25, 0.3) is 0 Å². The number of urea groups is 1. The van der Waals surface area contributed by atoms with Gasteiger partial charge in [0, 0.05) is 0 Å². The van der Waals surface area contributed by atoms with E-state index in [2.05, 4.69) is 39.3 Å². The van der Waals surface area contributed by atoms with Gasteiger partial charge in [-0.3, -0.25) is 5.32 Å². The summed E-state index contributed by atoms with van der Waals surface area (Å²) in [6, 6.07) is 6.97. The van der Waals surface area contributed by atoms with E-state index in [1.165, 1.54) is 19.3 Å². The molecule has 0 fully saturated rings. The lowest BCUT2D eigenvalue weighted by molar-refractivity contribution is 0.251. The topological polar surface area (TPSA) is 87.8 Å². The normalized spacial score (nSPS) is 16.0. The van der Waals surface area contributed by atoms with Crippen LogP contribution in [0.2, 0.25) is 0 Å². The first kappa shape index (κ1) is 17.5. The largest absolute Gasteiger partial charge is 0.494 e. The summed E-state index contributed by atoms with van der Waals surface area (Å²) < 4.78 is 5.68. The Morgan fingerprint density at radius 3 is 2.75 bits per heavy atom. The van der Waals surface area contributed by atoms with Crippen LogP contribution < -0.4 is 10.1 Å². The number of amides is 2. The van der Waals surface area contributed by atoms with Crippen molar-refractivity contribution in [3.63, 3.8) is 0 Å². The zero-order valence-electron chi connectivity index (χ0n) is 13.7. The maximum Gasteiger partial charge on any atom is 0.365 e. The smallest absolute Gasteiger partial charge is 0.365 e. The molecule has 0 aromatic heterocycles. The number of nitrogens with zero attached hydrogens (tertiary/aromatic N) is 4. The predicted octanol–water partition coefficient (Wildman–Crippen LogP) is 4.07. The fourth-order valence-electron chi connectivity index (χ4n) is 1.96. The SMILES string of the molecule is C=C1N=NC(=O)N/C1=N/N=C/c1ccc(OCCCCCC)cc1.